The van der Waals surface area contributed by atoms with Crippen LogP contribution < -0.4 is 16.2 Å². The number of para-hydroxylation sites is 1. The van der Waals surface area contributed by atoms with Crippen LogP contribution in [-0.2, 0) is 6.18 Å². The second-order valence-corrected chi connectivity index (χ2v) is 3.89. The minimum Gasteiger partial charge on any atom is -0.455 e. The Morgan fingerprint density at radius 2 is 1.58 bits per heavy atom. The molecule has 0 unspecified atom stereocenters. The van der Waals surface area contributed by atoms with E-state index >= 15 is 0 Å². The lowest BCUT2D eigenvalue weighted by molar-refractivity contribution is -0.136. The second-order valence-electron chi connectivity index (χ2n) is 3.89. The number of hydrogen-bond acceptors (Lipinski definition) is 3. The van der Waals surface area contributed by atoms with Gasteiger partial charge in [0, 0.05) is 11.8 Å². The first-order valence-electron chi connectivity index (χ1n) is 5.37. The predicted molar refractivity (Wildman–Crippen MR) is 66.8 cm³/mol. The van der Waals surface area contributed by atoms with Gasteiger partial charge >= 0.3 is 6.18 Å². The topological polar surface area (TPSA) is 61.3 Å². The van der Waals surface area contributed by atoms with E-state index in [0.717, 1.165) is 6.07 Å². The molecule has 0 atom stereocenters. The molecule has 0 aliphatic carbocycles. The van der Waals surface area contributed by atoms with Crippen molar-refractivity contribution >= 4 is 11.4 Å². The van der Waals surface area contributed by atoms with Crippen LogP contribution in [0.3, 0.4) is 0 Å². The molecule has 0 aliphatic heterocycles. The van der Waals surface area contributed by atoms with E-state index < -0.39 is 17.4 Å². The lowest BCUT2D eigenvalue weighted by atomic mass is 10.1. The van der Waals surface area contributed by atoms with Crippen LogP contribution in [0, 0.1) is 0 Å². The Labute approximate surface area is 107 Å². The van der Waals surface area contributed by atoms with Crippen molar-refractivity contribution in [3.63, 3.8) is 0 Å². The molecule has 4 N–H and O–H groups in total. The summed E-state index contributed by atoms with van der Waals surface area (Å²) in [6, 6.07) is 10.4. The highest BCUT2D eigenvalue weighted by Crippen LogP contribution is 2.41. The molecular weight excluding hydrogens is 257 g/mol. The van der Waals surface area contributed by atoms with Crippen LogP contribution in [0.5, 0.6) is 11.5 Å². The zero-order valence-corrected chi connectivity index (χ0v) is 9.74. The van der Waals surface area contributed by atoms with Crippen LogP contribution in [0.2, 0.25) is 0 Å². The van der Waals surface area contributed by atoms with E-state index in [4.69, 9.17) is 16.2 Å². The van der Waals surface area contributed by atoms with E-state index in [1.807, 2.05) is 0 Å². The minimum absolute atomic E-state index is 0.0625. The fourth-order valence-electron chi connectivity index (χ4n) is 1.58. The number of halogens is 3. The van der Waals surface area contributed by atoms with Gasteiger partial charge in [-0.25, -0.2) is 0 Å². The average molecular weight is 268 g/mol. The Bertz CT molecular complexity index is 582. The molecule has 3 nitrogen and oxygen atoms in total. The van der Waals surface area contributed by atoms with Crippen LogP contribution in [0.25, 0.3) is 0 Å². The van der Waals surface area contributed by atoms with Gasteiger partial charge in [0.1, 0.15) is 5.75 Å². The molecule has 0 fully saturated rings. The van der Waals surface area contributed by atoms with E-state index in [1.54, 1.807) is 30.3 Å². The van der Waals surface area contributed by atoms with Gasteiger partial charge in [-0.2, -0.15) is 13.2 Å². The number of nitrogen functional groups attached to an aromatic ring is 2. The molecule has 6 heteroatoms. The third kappa shape index (κ3) is 2.90. The Balaban J connectivity index is 2.44. The fraction of sp³-hybridized carbons (Fsp3) is 0.0769. The van der Waals surface area contributed by atoms with Crippen LogP contribution in [0.15, 0.2) is 42.5 Å². The van der Waals surface area contributed by atoms with E-state index in [2.05, 4.69) is 0 Å². The summed E-state index contributed by atoms with van der Waals surface area (Å²) in [4.78, 5) is 0. The molecule has 0 saturated carbocycles. The fourth-order valence-corrected chi connectivity index (χ4v) is 1.58. The maximum Gasteiger partial charge on any atom is 0.418 e. The summed E-state index contributed by atoms with van der Waals surface area (Å²) < 4.78 is 43.6. The molecule has 19 heavy (non-hydrogen) atoms. The maximum absolute atomic E-state index is 12.8. The molecule has 0 heterocycles. The monoisotopic (exact) mass is 268 g/mol. The zero-order chi connectivity index (χ0) is 14.0. The van der Waals surface area contributed by atoms with Gasteiger partial charge in [0.25, 0.3) is 0 Å². The molecular formula is C13H11F3N2O. The lowest BCUT2D eigenvalue weighted by Gasteiger charge is -2.15. The van der Waals surface area contributed by atoms with Crippen LogP contribution in [0.1, 0.15) is 5.56 Å². The average Bonchev–Trinajstić information content (AvgIpc) is 2.33. The standard InChI is InChI=1S/C13H11F3N2O/c14-13(15,16)10-6-8(17)7-11(12(10)18)19-9-4-2-1-3-5-9/h1-7H,17-18H2. The first-order valence-corrected chi connectivity index (χ1v) is 5.37. The molecule has 0 radical (unpaired) electrons. The maximum atomic E-state index is 12.8. The Kier molecular flexibility index (Phi) is 3.25. The van der Waals surface area contributed by atoms with E-state index in [1.165, 1.54) is 6.07 Å². The molecule has 0 aromatic heterocycles. The Hall–Kier alpha value is -2.37. The highest BCUT2D eigenvalue weighted by atomic mass is 19.4. The minimum atomic E-state index is -4.58. The van der Waals surface area contributed by atoms with Crippen molar-refractivity contribution in [3.8, 4) is 11.5 Å². The third-order valence-electron chi connectivity index (χ3n) is 2.44. The Morgan fingerprint density at radius 1 is 0.947 bits per heavy atom. The zero-order valence-electron chi connectivity index (χ0n) is 9.74. The van der Waals surface area contributed by atoms with Gasteiger partial charge in [-0.05, 0) is 18.2 Å². The molecule has 2 aromatic carbocycles. The van der Waals surface area contributed by atoms with Gasteiger partial charge in [-0.15, -0.1) is 0 Å². The summed E-state index contributed by atoms with van der Waals surface area (Å²) in [5, 5.41) is 0. The summed E-state index contributed by atoms with van der Waals surface area (Å²) in [5.41, 5.74) is 9.38. The molecule has 2 aromatic rings. The normalized spacial score (nSPS) is 11.3. The number of hydrogen-bond donors (Lipinski definition) is 2. The first-order chi connectivity index (χ1) is 8.88. The molecule has 2 rings (SSSR count). The molecule has 0 spiro atoms. The first kappa shape index (κ1) is 13.1. The summed E-state index contributed by atoms with van der Waals surface area (Å²) >= 11 is 0. The van der Waals surface area contributed by atoms with Crippen molar-refractivity contribution in [2.45, 2.75) is 6.18 Å². The molecule has 0 saturated heterocycles. The van der Waals surface area contributed by atoms with E-state index in [9.17, 15) is 13.2 Å². The number of ether oxygens (including phenoxy) is 1. The molecule has 100 valence electrons. The quantitative estimate of drug-likeness (QED) is 0.817. The van der Waals surface area contributed by atoms with Gasteiger partial charge in [0.15, 0.2) is 5.75 Å². The van der Waals surface area contributed by atoms with Crippen molar-refractivity contribution in [2.75, 3.05) is 11.5 Å². The number of alkyl halides is 3. The van der Waals surface area contributed by atoms with E-state index in [0.29, 0.717) is 5.75 Å². The SMILES string of the molecule is Nc1cc(Oc2ccccc2)c(N)c(C(F)(F)F)c1. The number of nitrogens with two attached hydrogens (primary N) is 2. The van der Waals surface area contributed by atoms with Gasteiger partial charge in [-0.1, -0.05) is 18.2 Å². The van der Waals surface area contributed by atoms with Crippen molar-refractivity contribution in [1.82, 2.24) is 0 Å². The summed E-state index contributed by atoms with van der Waals surface area (Å²) in [6.07, 6.45) is -4.58. The van der Waals surface area contributed by atoms with E-state index in [-0.39, 0.29) is 11.4 Å². The smallest absolute Gasteiger partial charge is 0.418 e. The summed E-state index contributed by atoms with van der Waals surface area (Å²) in [7, 11) is 0. The van der Waals surface area contributed by atoms with Crippen molar-refractivity contribution in [3.05, 3.63) is 48.0 Å². The molecule has 0 aliphatic rings. The highest BCUT2D eigenvalue weighted by Gasteiger charge is 2.34. The van der Waals surface area contributed by atoms with Crippen molar-refractivity contribution in [1.29, 1.82) is 0 Å². The van der Waals surface area contributed by atoms with Gasteiger partial charge < -0.3 is 16.2 Å². The van der Waals surface area contributed by atoms with Crippen molar-refractivity contribution in [2.24, 2.45) is 0 Å². The molecule has 0 bridgehead atoms. The van der Waals surface area contributed by atoms with Gasteiger partial charge in [-0.3, -0.25) is 0 Å². The largest absolute Gasteiger partial charge is 0.455 e. The lowest BCUT2D eigenvalue weighted by Crippen LogP contribution is -2.10. The van der Waals surface area contributed by atoms with Gasteiger partial charge in [0.2, 0.25) is 0 Å². The summed E-state index contributed by atoms with van der Waals surface area (Å²) in [5.74, 6) is 0.270. The van der Waals surface area contributed by atoms with Crippen LogP contribution >= 0.6 is 0 Å². The van der Waals surface area contributed by atoms with Crippen LogP contribution in [-0.4, -0.2) is 0 Å². The Morgan fingerprint density at radius 3 is 2.16 bits per heavy atom. The van der Waals surface area contributed by atoms with Crippen molar-refractivity contribution < 1.29 is 17.9 Å². The van der Waals surface area contributed by atoms with Gasteiger partial charge in [0.05, 0.1) is 11.3 Å². The van der Waals surface area contributed by atoms with Crippen LogP contribution in [0.4, 0.5) is 24.5 Å². The predicted octanol–water partition coefficient (Wildman–Crippen LogP) is 3.66. The number of rotatable bonds is 2. The third-order valence-corrected chi connectivity index (χ3v) is 2.44. The second kappa shape index (κ2) is 4.72. The molecule has 0 amide bonds. The highest BCUT2D eigenvalue weighted by molar-refractivity contribution is 5.66. The number of benzene rings is 2. The summed E-state index contributed by atoms with van der Waals surface area (Å²) in [6.45, 7) is 0. The number of anilines is 2.